The molecular weight excluding hydrogens is 446 g/mol. The Morgan fingerprint density at radius 2 is 1.94 bits per heavy atom. The molecule has 0 saturated heterocycles. The Balaban J connectivity index is 0.00000341. The van der Waals surface area contributed by atoms with Crippen molar-refractivity contribution >= 4 is 48.3 Å². The van der Waals surface area contributed by atoms with Crippen molar-refractivity contribution in [2.75, 3.05) is 12.0 Å². The highest BCUT2D eigenvalue weighted by molar-refractivity contribution is 7.98. The minimum Gasteiger partial charge on any atom is -0.342 e. The van der Waals surface area contributed by atoms with Crippen molar-refractivity contribution in [3.63, 3.8) is 0 Å². The molecule has 3 aromatic rings. The number of hydrogen-bond donors (Lipinski definition) is 2. The van der Waals surface area contributed by atoms with Crippen molar-refractivity contribution in [1.29, 1.82) is 0 Å². The molecule has 164 valence electrons. The van der Waals surface area contributed by atoms with E-state index in [-0.39, 0.29) is 31.6 Å². The summed E-state index contributed by atoms with van der Waals surface area (Å²) in [6, 6.07) is 16.5. The standard InChI is InChI=1S/C23H25N3O2S2.H2S/c1-29-11-10-19(26-23(28)18-9-5-6-16(12-18)14-24)21(27)13-22-25-20(15-30-22)17-7-3-2-4-8-17;/h2-9,12,15,19H,10-11,13-14,24H2,1H3,(H,26,28);1H2/t19-;/m0./s1. The summed E-state index contributed by atoms with van der Waals surface area (Å²) in [5.41, 5.74) is 8.96. The topological polar surface area (TPSA) is 85.1 Å². The molecule has 3 N–H and O–H groups in total. The number of benzene rings is 2. The molecule has 1 atom stereocenters. The number of hydrogen-bond acceptors (Lipinski definition) is 6. The van der Waals surface area contributed by atoms with Gasteiger partial charge in [-0.3, -0.25) is 9.59 Å². The Bertz CT molecular complexity index is 992. The maximum absolute atomic E-state index is 13.0. The number of thiazole rings is 1. The largest absolute Gasteiger partial charge is 0.342 e. The monoisotopic (exact) mass is 473 g/mol. The Labute approximate surface area is 198 Å². The molecule has 0 aliphatic carbocycles. The van der Waals surface area contributed by atoms with Crippen LogP contribution in [0.15, 0.2) is 60.0 Å². The molecule has 1 amide bonds. The molecule has 31 heavy (non-hydrogen) atoms. The fraction of sp³-hybridized carbons (Fsp3) is 0.261. The summed E-state index contributed by atoms with van der Waals surface area (Å²) in [5, 5.41) is 5.63. The highest BCUT2D eigenvalue weighted by atomic mass is 32.2. The van der Waals surface area contributed by atoms with E-state index in [0.717, 1.165) is 27.6 Å². The Morgan fingerprint density at radius 3 is 2.65 bits per heavy atom. The van der Waals surface area contributed by atoms with E-state index in [0.29, 0.717) is 18.5 Å². The number of carbonyl (C=O) groups excluding carboxylic acids is 2. The second kappa shape index (κ2) is 12.7. The van der Waals surface area contributed by atoms with Gasteiger partial charge < -0.3 is 11.1 Å². The lowest BCUT2D eigenvalue weighted by molar-refractivity contribution is -0.120. The molecule has 0 radical (unpaired) electrons. The maximum Gasteiger partial charge on any atom is 0.251 e. The predicted molar refractivity (Wildman–Crippen MR) is 135 cm³/mol. The van der Waals surface area contributed by atoms with Crippen LogP contribution in [0.2, 0.25) is 0 Å². The molecule has 8 heteroatoms. The molecule has 0 saturated carbocycles. The summed E-state index contributed by atoms with van der Waals surface area (Å²) in [5.74, 6) is 0.502. The number of ketones is 1. The third-order valence-electron chi connectivity index (χ3n) is 4.68. The summed E-state index contributed by atoms with van der Waals surface area (Å²) in [6.07, 6.45) is 2.78. The molecule has 5 nitrogen and oxygen atoms in total. The fourth-order valence-corrected chi connectivity index (χ4v) is 4.32. The van der Waals surface area contributed by atoms with Crippen molar-refractivity contribution < 1.29 is 9.59 Å². The first-order valence-electron chi connectivity index (χ1n) is 9.72. The minimum absolute atomic E-state index is 0. The van der Waals surface area contributed by atoms with Gasteiger partial charge in [-0.25, -0.2) is 4.98 Å². The lowest BCUT2D eigenvalue weighted by Gasteiger charge is -2.17. The third-order valence-corrected chi connectivity index (χ3v) is 6.17. The van der Waals surface area contributed by atoms with Crippen molar-refractivity contribution in [3.05, 3.63) is 76.1 Å². The second-order valence-corrected chi connectivity index (χ2v) is 8.78. The van der Waals surface area contributed by atoms with Crippen LogP contribution in [0.25, 0.3) is 11.3 Å². The fourth-order valence-electron chi connectivity index (χ4n) is 3.04. The minimum atomic E-state index is -0.546. The van der Waals surface area contributed by atoms with Gasteiger partial charge in [0, 0.05) is 23.1 Å². The first-order valence-corrected chi connectivity index (χ1v) is 12.0. The summed E-state index contributed by atoms with van der Waals surface area (Å²) in [7, 11) is 0. The Kier molecular flexibility index (Phi) is 10.3. The molecule has 1 heterocycles. The summed E-state index contributed by atoms with van der Waals surface area (Å²) < 4.78 is 0. The molecule has 0 fully saturated rings. The second-order valence-electron chi connectivity index (χ2n) is 6.85. The average Bonchev–Trinajstić information content (AvgIpc) is 3.25. The molecule has 3 rings (SSSR count). The SMILES string of the molecule is CSCC[C@H](NC(=O)c1cccc(CN)c1)C(=O)Cc1nc(-c2ccccc2)cs1.S. The number of aromatic nitrogens is 1. The molecule has 0 unspecified atom stereocenters. The number of carbonyl (C=O) groups is 2. The number of Topliss-reactive ketones (excluding diaryl/α,β-unsaturated/α-hetero) is 1. The van der Waals surface area contributed by atoms with Gasteiger partial charge in [0.2, 0.25) is 0 Å². The molecule has 1 aromatic heterocycles. The van der Waals surface area contributed by atoms with E-state index in [1.807, 2.05) is 48.0 Å². The van der Waals surface area contributed by atoms with Crippen LogP contribution in [0, 0.1) is 0 Å². The average molecular weight is 474 g/mol. The van der Waals surface area contributed by atoms with Gasteiger partial charge >= 0.3 is 0 Å². The van der Waals surface area contributed by atoms with Crippen LogP contribution in [0.4, 0.5) is 0 Å². The van der Waals surface area contributed by atoms with Crippen LogP contribution in [0.5, 0.6) is 0 Å². The van der Waals surface area contributed by atoms with Crippen LogP contribution >= 0.6 is 36.6 Å². The number of rotatable bonds is 10. The van der Waals surface area contributed by atoms with Gasteiger partial charge in [0.05, 0.1) is 18.2 Å². The van der Waals surface area contributed by atoms with E-state index >= 15 is 0 Å². The van der Waals surface area contributed by atoms with Crippen molar-refractivity contribution in [2.45, 2.75) is 25.4 Å². The van der Waals surface area contributed by atoms with E-state index in [2.05, 4.69) is 10.3 Å². The Morgan fingerprint density at radius 1 is 1.16 bits per heavy atom. The summed E-state index contributed by atoms with van der Waals surface area (Å²) in [6.45, 7) is 0.365. The van der Waals surface area contributed by atoms with Crippen LogP contribution in [0.1, 0.15) is 27.3 Å². The van der Waals surface area contributed by atoms with Gasteiger partial charge in [0.25, 0.3) is 5.91 Å². The van der Waals surface area contributed by atoms with Gasteiger partial charge in [-0.1, -0.05) is 42.5 Å². The summed E-state index contributed by atoms with van der Waals surface area (Å²) in [4.78, 5) is 30.3. The van der Waals surface area contributed by atoms with E-state index in [1.54, 1.807) is 30.0 Å². The Hall–Kier alpha value is -2.13. The molecule has 0 bridgehead atoms. The predicted octanol–water partition coefficient (Wildman–Crippen LogP) is 4.04. The number of amides is 1. The molecule has 0 spiro atoms. The van der Waals surface area contributed by atoms with Crippen LogP contribution < -0.4 is 11.1 Å². The van der Waals surface area contributed by atoms with E-state index in [4.69, 9.17) is 5.73 Å². The lowest BCUT2D eigenvalue weighted by Crippen LogP contribution is -2.42. The highest BCUT2D eigenvalue weighted by Crippen LogP contribution is 2.22. The first-order chi connectivity index (χ1) is 14.6. The van der Waals surface area contributed by atoms with Crippen LogP contribution in [0.3, 0.4) is 0 Å². The van der Waals surface area contributed by atoms with Gasteiger partial charge in [-0.2, -0.15) is 25.3 Å². The molecular formula is C23H27N3O2S3. The lowest BCUT2D eigenvalue weighted by atomic mass is 10.1. The third kappa shape index (κ3) is 7.21. The van der Waals surface area contributed by atoms with Crippen molar-refractivity contribution in [2.24, 2.45) is 5.73 Å². The maximum atomic E-state index is 13.0. The van der Waals surface area contributed by atoms with Crippen molar-refractivity contribution in [1.82, 2.24) is 10.3 Å². The van der Waals surface area contributed by atoms with Crippen molar-refractivity contribution in [3.8, 4) is 11.3 Å². The van der Waals surface area contributed by atoms with Gasteiger partial charge in [-0.15, -0.1) is 11.3 Å². The van der Waals surface area contributed by atoms with Gasteiger partial charge in [0.1, 0.15) is 5.01 Å². The van der Waals surface area contributed by atoms with Crippen LogP contribution in [-0.4, -0.2) is 34.7 Å². The zero-order valence-corrected chi connectivity index (χ0v) is 20.0. The van der Waals surface area contributed by atoms with Gasteiger partial charge in [-0.05, 0) is 36.1 Å². The number of thioether (sulfide) groups is 1. The van der Waals surface area contributed by atoms with Crippen LogP contribution in [-0.2, 0) is 17.8 Å². The molecule has 0 aliphatic rings. The zero-order valence-electron chi connectivity index (χ0n) is 17.3. The first kappa shape index (κ1) is 25.1. The highest BCUT2D eigenvalue weighted by Gasteiger charge is 2.22. The quantitative estimate of drug-likeness (QED) is 0.464. The smallest absolute Gasteiger partial charge is 0.251 e. The van der Waals surface area contributed by atoms with E-state index in [1.165, 1.54) is 11.3 Å². The van der Waals surface area contributed by atoms with E-state index < -0.39 is 6.04 Å². The van der Waals surface area contributed by atoms with E-state index in [9.17, 15) is 9.59 Å². The molecule has 0 aliphatic heterocycles. The zero-order chi connectivity index (χ0) is 21.3. The molecule has 2 aromatic carbocycles. The number of nitrogens with two attached hydrogens (primary N) is 1. The number of nitrogens with one attached hydrogen (secondary N) is 1. The number of nitrogens with zero attached hydrogens (tertiary/aromatic N) is 1. The van der Waals surface area contributed by atoms with Gasteiger partial charge in [0.15, 0.2) is 5.78 Å². The summed E-state index contributed by atoms with van der Waals surface area (Å²) >= 11 is 3.12. The normalized spacial score (nSPS) is 11.4.